The molecule has 15 heavy (non-hydrogen) atoms. The molecule has 0 saturated heterocycles. The molecule has 0 unspecified atom stereocenters. The van der Waals surface area contributed by atoms with Gasteiger partial charge in [0.25, 0.3) is 0 Å². The third-order valence-electron chi connectivity index (χ3n) is 1.91. The molecule has 0 aliphatic carbocycles. The molecule has 0 bridgehead atoms. The molecule has 76 valence electrons. The molecule has 0 aromatic carbocycles. The quantitative estimate of drug-likeness (QED) is 0.792. The predicted octanol–water partition coefficient (Wildman–Crippen LogP) is 2.09. The van der Waals surface area contributed by atoms with Crippen LogP contribution in [0.2, 0.25) is 5.15 Å². The van der Waals surface area contributed by atoms with E-state index in [1.807, 2.05) is 12.1 Å². The minimum Gasteiger partial charge on any atom is -0.478 e. The van der Waals surface area contributed by atoms with E-state index < -0.39 is 5.97 Å². The lowest BCUT2D eigenvalue weighted by atomic mass is 10.4. The Morgan fingerprint density at radius 3 is 3.07 bits per heavy atom. The van der Waals surface area contributed by atoms with Crippen molar-refractivity contribution in [2.75, 3.05) is 0 Å². The van der Waals surface area contributed by atoms with E-state index in [9.17, 15) is 4.79 Å². The molecule has 0 radical (unpaired) electrons. The predicted molar refractivity (Wildman–Crippen MR) is 56.9 cm³/mol. The van der Waals surface area contributed by atoms with Gasteiger partial charge in [-0.15, -0.1) is 0 Å². The van der Waals surface area contributed by atoms with E-state index in [0.29, 0.717) is 16.5 Å². The van der Waals surface area contributed by atoms with Crippen LogP contribution in [0.25, 0.3) is 11.7 Å². The van der Waals surface area contributed by atoms with Crippen molar-refractivity contribution in [2.24, 2.45) is 0 Å². The Bertz CT molecular complexity index is 545. The number of carboxylic acid groups (broad SMARTS) is 1. The van der Waals surface area contributed by atoms with Crippen molar-refractivity contribution in [3.05, 3.63) is 41.3 Å². The standard InChI is InChI=1S/C10H7ClN2O2/c11-10-7(4-5-9(14)15)13-6-2-1-3-8(13)12-10/h1-6H,(H,14,15)/b5-4+. The summed E-state index contributed by atoms with van der Waals surface area (Å²) in [5, 5.41) is 8.81. The molecule has 2 rings (SSSR count). The lowest BCUT2D eigenvalue weighted by molar-refractivity contribution is -0.131. The van der Waals surface area contributed by atoms with Crippen molar-refractivity contribution in [3.8, 4) is 0 Å². The largest absolute Gasteiger partial charge is 0.478 e. The number of halogens is 1. The minimum atomic E-state index is -1.02. The summed E-state index contributed by atoms with van der Waals surface area (Å²) in [6.07, 6.45) is 4.22. The van der Waals surface area contributed by atoms with Crippen molar-refractivity contribution in [3.63, 3.8) is 0 Å². The first-order valence-electron chi connectivity index (χ1n) is 4.22. The zero-order valence-electron chi connectivity index (χ0n) is 7.59. The highest BCUT2D eigenvalue weighted by atomic mass is 35.5. The van der Waals surface area contributed by atoms with Gasteiger partial charge in [-0.2, -0.15) is 0 Å². The zero-order valence-corrected chi connectivity index (χ0v) is 8.35. The highest BCUT2D eigenvalue weighted by Crippen LogP contribution is 2.18. The van der Waals surface area contributed by atoms with Gasteiger partial charge in [-0.1, -0.05) is 17.7 Å². The zero-order chi connectivity index (χ0) is 10.8. The van der Waals surface area contributed by atoms with Crippen LogP contribution in [0, 0.1) is 0 Å². The number of hydrogen-bond donors (Lipinski definition) is 1. The van der Waals surface area contributed by atoms with E-state index in [1.54, 1.807) is 16.7 Å². The second-order valence-electron chi connectivity index (χ2n) is 2.89. The summed E-state index contributed by atoms with van der Waals surface area (Å²) < 4.78 is 1.72. The number of aromatic nitrogens is 2. The molecule has 0 amide bonds. The number of carboxylic acids is 1. The molecule has 0 aliphatic rings. The van der Waals surface area contributed by atoms with Gasteiger partial charge in [-0.25, -0.2) is 9.78 Å². The molecule has 4 nitrogen and oxygen atoms in total. The Hall–Kier alpha value is -1.81. The monoisotopic (exact) mass is 222 g/mol. The minimum absolute atomic E-state index is 0.290. The first-order chi connectivity index (χ1) is 7.18. The van der Waals surface area contributed by atoms with Crippen LogP contribution in [-0.4, -0.2) is 20.5 Å². The van der Waals surface area contributed by atoms with E-state index in [2.05, 4.69) is 4.98 Å². The van der Waals surface area contributed by atoms with Gasteiger partial charge in [0.05, 0.1) is 5.69 Å². The van der Waals surface area contributed by atoms with Crippen LogP contribution in [0.4, 0.5) is 0 Å². The Morgan fingerprint density at radius 1 is 1.53 bits per heavy atom. The second kappa shape index (κ2) is 3.74. The van der Waals surface area contributed by atoms with Crippen molar-refractivity contribution in [2.45, 2.75) is 0 Å². The number of aliphatic carboxylic acids is 1. The Kier molecular flexibility index (Phi) is 2.43. The first-order valence-corrected chi connectivity index (χ1v) is 4.60. The van der Waals surface area contributed by atoms with Crippen LogP contribution in [0.15, 0.2) is 30.5 Å². The second-order valence-corrected chi connectivity index (χ2v) is 3.25. The highest BCUT2D eigenvalue weighted by molar-refractivity contribution is 6.31. The Balaban J connectivity index is 2.59. The van der Waals surface area contributed by atoms with Crippen LogP contribution < -0.4 is 0 Å². The third kappa shape index (κ3) is 1.85. The number of nitrogens with zero attached hydrogens (tertiary/aromatic N) is 2. The van der Waals surface area contributed by atoms with Gasteiger partial charge in [0.15, 0.2) is 5.15 Å². The number of hydrogen-bond acceptors (Lipinski definition) is 2. The van der Waals surface area contributed by atoms with Gasteiger partial charge in [-0.05, 0) is 18.2 Å². The van der Waals surface area contributed by atoms with E-state index in [0.717, 1.165) is 6.08 Å². The summed E-state index contributed by atoms with van der Waals surface area (Å²) >= 11 is 5.87. The number of rotatable bonds is 2. The number of fused-ring (bicyclic) bond motifs is 1. The van der Waals surface area contributed by atoms with E-state index in [-0.39, 0.29) is 0 Å². The van der Waals surface area contributed by atoms with Crippen molar-refractivity contribution >= 4 is 29.3 Å². The maximum Gasteiger partial charge on any atom is 0.328 e. The summed E-state index contributed by atoms with van der Waals surface area (Å²) in [7, 11) is 0. The molecule has 2 heterocycles. The fourth-order valence-corrected chi connectivity index (χ4v) is 1.53. The molecule has 0 saturated carbocycles. The van der Waals surface area contributed by atoms with Crippen molar-refractivity contribution in [1.29, 1.82) is 0 Å². The summed E-state index contributed by atoms with van der Waals surface area (Å²) in [4.78, 5) is 14.5. The average molecular weight is 223 g/mol. The molecule has 2 aromatic heterocycles. The molecular formula is C10H7ClN2O2. The summed E-state index contributed by atoms with van der Waals surface area (Å²) in [5.41, 5.74) is 1.25. The molecule has 0 aliphatic heterocycles. The Morgan fingerprint density at radius 2 is 2.33 bits per heavy atom. The lowest BCUT2D eigenvalue weighted by Crippen LogP contribution is -1.89. The molecular weight excluding hydrogens is 216 g/mol. The summed E-state index contributed by atoms with van der Waals surface area (Å²) in [6.45, 7) is 0. The van der Waals surface area contributed by atoms with Crippen LogP contribution in [0.5, 0.6) is 0 Å². The van der Waals surface area contributed by atoms with Crippen LogP contribution in [-0.2, 0) is 4.79 Å². The smallest absolute Gasteiger partial charge is 0.328 e. The molecule has 1 N–H and O–H groups in total. The maximum absolute atomic E-state index is 10.4. The van der Waals surface area contributed by atoms with E-state index in [4.69, 9.17) is 16.7 Å². The van der Waals surface area contributed by atoms with Crippen molar-refractivity contribution < 1.29 is 9.90 Å². The Labute approximate surface area is 90.4 Å². The fourth-order valence-electron chi connectivity index (χ4n) is 1.29. The molecule has 5 heteroatoms. The van der Waals surface area contributed by atoms with Crippen LogP contribution in [0.3, 0.4) is 0 Å². The van der Waals surface area contributed by atoms with Gasteiger partial charge in [0, 0.05) is 12.3 Å². The first kappa shape index (κ1) is 9.73. The third-order valence-corrected chi connectivity index (χ3v) is 2.18. The van der Waals surface area contributed by atoms with E-state index in [1.165, 1.54) is 6.08 Å². The van der Waals surface area contributed by atoms with Crippen LogP contribution in [0.1, 0.15) is 5.69 Å². The lowest BCUT2D eigenvalue weighted by Gasteiger charge is -1.94. The molecule has 0 atom stereocenters. The summed E-state index contributed by atoms with van der Waals surface area (Å²) in [6, 6.07) is 5.45. The topological polar surface area (TPSA) is 54.6 Å². The van der Waals surface area contributed by atoms with Gasteiger partial charge >= 0.3 is 5.97 Å². The van der Waals surface area contributed by atoms with Gasteiger partial charge in [-0.3, -0.25) is 4.40 Å². The average Bonchev–Trinajstić information content (AvgIpc) is 2.50. The van der Waals surface area contributed by atoms with E-state index >= 15 is 0 Å². The number of pyridine rings is 1. The summed E-state index contributed by atoms with van der Waals surface area (Å²) in [5.74, 6) is -1.02. The highest BCUT2D eigenvalue weighted by Gasteiger charge is 2.06. The van der Waals surface area contributed by atoms with Gasteiger partial charge in [0.1, 0.15) is 5.65 Å². The maximum atomic E-state index is 10.4. The van der Waals surface area contributed by atoms with Gasteiger partial charge < -0.3 is 5.11 Å². The normalized spacial score (nSPS) is 11.3. The number of imidazole rings is 1. The van der Waals surface area contributed by atoms with Crippen molar-refractivity contribution in [1.82, 2.24) is 9.38 Å². The van der Waals surface area contributed by atoms with Crippen LogP contribution >= 0.6 is 11.6 Å². The number of carbonyl (C=O) groups is 1. The van der Waals surface area contributed by atoms with Gasteiger partial charge in [0.2, 0.25) is 0 Å². The fraction of sp³-hybridized carbons (Fsp3) is 0. The molecule has 0 spiro atoms. The molecule has 0 fully saturated rings. The molecule has 2 aromatic rings. The SMILES string of the molecule is O=C(O)/C=C/c1c(Cl)nc2ccccn12.